The van der Waals surface area contributed by atoms with Gasteiger partial charge in [0.2, 0.25) is 0 Å². The molecule has 0 bridgehead atoms. The second kappa shape index (κ2) is 5.03. The maximum absolute atomic E-state index is 13.2. The van der Waals surface area contributed by atoms with E-state index in [0.29, 0.717) is 12.4 Å². The Balaban J connectivity index is 2.52. The molecule has 0 aliphatic carbocycles. The Kier molecular flexibility index (Phi) is 3.57. The fourth-order valence-electron chi connectivity index (χ4n) is 1.75. The maximum Gasteiger partial charge on any atom is 0.416 e. The van der Waals surface area contributed by atoms with Gasteiger partial charge >= 0.3 is 6.18 Å². The molecule has 2 aromatic carbocycles. The van der Waals surface area contributed by atoms with E-state index in [9.17, 15) is 26.7 Å². The molecular weight excluding hydrogens is 279 g/mol. The highest BCUT2D eigenvalue weighted by molar-refractivity contribution is 5.87. The molecule has 0 unspecified atom stereocenters. The number of alkyl halides is 3. The molecule has 0 amide bonds. The number of rotatable bonds is 2. The third-order valence-corrected chi connectivity index (χ3v) is 2.74. The van der Waals surface area contributed by atoms with E-state index >= 15 is 0 Å². The lowest BCUT2D eigenvalue weighted by atomic mass is 9.99. The van der Waals surface area contributed by atoms with Crippen LogP contribution in [0.4, 0.5) is 22.0 Å². The number of hydrogen-bond donors (Lipinski definition) is 0. The van der Waals surface area contributed by atoms with Crippen LogP contribution in [0.25, 0.3) is 11.1 Å². The minimum atomic E-state index is -4.49. The quantitative estimate of drug-likeness (QED) is 0.588. The molecule has 0 aromatic heterocycles. The van der Waals surface area contributed by atoms with Gasteiger partial charge in [-0.05, 0) is 35.4 Å². The van der Waals surface area contributed by atoms with Crippen molar-refractivity contribution < 1.29 is 26.7 Å². The number of carbonyl (C=O) groups is 1. The summed E-state index contributed by atoms with van der Waals surface area (Å²) >= 11 is 0. The van der Waals surface area contributed by atoms with E-state index in [1.807, 2.05) is 0 Å². The van der Waals surface area contributed by atoms with Crippen LogP contribution in [0.3, 0.4) is 0 Å². The van der Waals surface area contributed by atoms with E-state index in [-0.39, 0.29) is 16.7 Å². The van der Waals surface area contributed by atoms with Gasteiger partial charge in [0.15, 0.2) is 17.9 Å². The average Bonchev–Trinajstić information content (AvgIpc) is 2.40. The number of carbonyl (C=O) groups excluding carboxylic acids is 1. The molecule has 0 aliphatic rings. The second-order valence-electron chi connectivity index (χ2n) is 4.05. The zero-order valence-electron chi connectivity index (χ0n) is 9.84. The zero-order valence-corrected chi connectivity index (χ0v) is 9.84. The van der Waals surface area contributed by atoms with Crippen LogP contribution in [0.2, 0.25) is 0 Å². The highest BCUT2D eigenvalue weighted by Gasteiger charge is 2.30. The molecule has 0 heterocycles. The summed E-state index contributed by atoms with van der Waals surface area (Å²) in [5.41, 5.74) is -0.772. The van der Waals surface area contributed by atoms with Gasteiger partial charge in [-0.2, -0.15) is 13.2 Å². The standard InChI is InChI=1S/C14H7F5O/c15-12-5-9(7-20)11(6-13(12)16)8-1-3-10(4-2-8)14(17,18)19/h1-7H. The smallest absolute Gasteiger partial charge is 0.298 e. The van der Waals surface area contributed by atoms with Crippen molar-refractivity contribution in [1.29, 1.82) is 0 Å². The van der Waals surface area contributed by atoms with Crippen LogP contribution in [-0.2, 0) is 6.18 Å². The van der Waals surface area contributed by atoms with E-state index in [1.54, 1.807) is 0 Å². The van der Waals surface area contributed by atoms with Crippen molar-refractivity contribution in [2.24, 2.45) is 0 Å². The van der Waals surface area contributed by atoms with Crippen molar-refractivity contribution in [3.63, 3.8) is 0 Å². The summed E-state index contributed by atoms with van der Waals surface area (Å²) in [7, 11) is 0. The summed E-state index contributed by atoms with van der Waals surface area (Å²) in [6.07, 6.45) is -4.17. The van der Waals surface area contributed by atoms with Gasteiger partial charge in [0, 0.05) is 5.56 Å². The number of hydrogen-bond acceptors (Lipinski definition) is 1. The summed E-state index contributed by atoms with van der Waals surface area (Å²) in [4.78, 5) is 10.8. The Labute approximate surface area is 110 Å². The van der Waals surface area contributed by atoms with E-state index in [1.165, 1.54) is 0 Å². The van der Waals surface area contributed by atoms with Crippen LogP contribution in [0.5, 0.6) is 0 Å². The number of aldehydes is 1. The summed E-state index contributed by atoms with van der Waals surface area (Å²) in [6.45, 7) is 0. The fourth-order valence-corrected chi connectivity index (χ4v) is 1.75. The lowest BCUT2D eigenvalue weighted by Crippen LogP contribution is -2.04. The number of benzene rings is 2. The minimum Gasteiger partial charge on any atom is -0.298 e. The lowest BCUT2D eigenvalue weighted by molar-refractivity contribution is -0.137. The fraction of sp³-hybridized carbons (Fsp3) is 0.0714. The van der Waals surface area contributed by atoms with E-state index in [0.717, 1.165) is 30.3 Å². The molecule has 0 N–H and O–H groups in total. The van der Waals surface area contributed by atoms with Crippen LogP contribution < -0.4 is 0 Å². The molecule has 104 valence electrons. The summed E-state index contributed by atoms with van der Waals surface area (Å²) in [5.74, 6) is -2.37. The first-order valence-electron chi connectivity index (χ1n) is 5.45. The van der Waals surface area contributed by atoms with Gasteiger partial charge in [0.25, 0.3) is 0 Å². The predicted molar refractivity (Wildman–Crippen MR) is 62.2 cm³/mol. The monoisotopic (exact) mass is 286 g/mol. The third kappa shape index (κ3) is 2.68. The van der Waals surface area contributed by atoms with Crippen molar-refractivity contribution >= 4 is 6.29 Å². The minimum absolute atomic E-state index is 0.0348. The highest BCUT2D eigenvalue weighted by atomic mass is 19.4. The Morgan fingerprint density at radius 2 is 1.45 bits per heavy atom. The molecule has 2 aromatic rings. The first-order valence-corrected chi connectivity index (χ1v) is 5.45. The Morgan fingerprint density at radius 3 is 1.95 bits per heavy atom. The summed E-state index contributed by atoms with van der Waals surface area (Å²) < 4.78 is 63.4. The maximum atomic E-state index is 13.2. The molecule has 0 atom stereocenters. The van der Waals surface area contributed by atoms with Gasteiger partial charge in [0.05, 0.1) is 5.56 Å². The Morgan fingerprint density at radius 1 is 0.900 bits per heavy atom. The first kappa shape index (κ1) is 14.2. The Bertz CT molecular complexity index is 644. The molecule has 20 heavy (non-hydrogen) atoms. The molecule has 0 saturated heterocycles. The molecule has 0 fully saturated rings. The van der Waals surface area contributed by atoms with Crippen LogP contribution >= 0.6 is 0 Å². The van der Waals surface area contributed by atoms with Crippen molar-refractivity contribution in [2.45, 2.75) is 6.18 Å². The molecule has 2 rings (SSSR count). The van der Waals surface area contributed by atoms with Crippen LogP contribution in [-0.4, -0.2) is 6.29 Å². The molecule has 1 nitrogen and oxygen atoms in total. The lowest BCUT2D eigenvalue weighted by Gasteiger charge is -2.09. The van der Waals surface area contributed by atoms with Gasteiger partial charge in [-0.3, -0.25) is 4.79 Å². The van der Waals surface area contributed by atoms with Crippen molar-refractivity contribution in [1.82, 2.24) is 0 Å². The van der Waals surface area contributed by atoms with Gasteiger partial charge < -0.3 is 0 Å². The molecule has 6 heteroatoms. The molecule has 0 spiro atoms. The first-order chi connectivity index (χ1) is 9.32. The predicted octanol–water partition coefficient (Wildman–Crippen LogP) is 4.46. The normalized spacial score (nSPS) is 11.4. The van der Waals surface area contributed by atoms with Gasteiger partial charge in [-0.15, -0.1) is 0 Å². The number of halogens is 5. The molecule has 0 radical (unpaired) electrons. The summed E-state index contributed by atoms with van der Waals surface area (Å²) in [5, 5.41) is 0. The molecule has 0 aliphatic heterocycles. The van der Waals surface area contributed by atoms with E-state index in [2.05, 4.69) is 0 Å². The topological polar surface area (TPSA) is 17.1 Å². The van der Waals surface area contributed by atoms with E-state index in [4.69, 9.17) is 0 Å². The SMILES string of the molecule is O=Cc1cc(F)c(F)cc1-c1ccc(C(F)(F)F)cc1. The van der Waals surface area contributed by atoms with Crippen LogP contribution in [0, 0.1) is 11.6 Å². The van der Waals surface area contributed by atoms with Crippen LogP contribution in [0.15, 0.2) is 36.4 Å². The second-order valence-corrected chi connectivity index (χ2v) is 4.05. The zero-order chi connectivity index (χ0) is 14.9. The van der Waals surface area contributed by atoms with Crippen molar-refractivity contribution in [3.8, 4) is 11.1 Å². The largest absolute Gasteiger partial charge is 0.416 e. The van der Waals surface area contributed by atoms with Gasteiger partial charge in [0.1, 0.15) is 0 Å². The van der Waals surface area contributed by atoms with E-state index < -0.39 is 23.4 Å². The Hall–Kier alpha value is -2.24. The van der Waals surface area contributed by atoms with Gasteiger partial charge in [-0.25, -0.2) is 8.78 Å². The molecular formula is C14H7F5O. The van der Waals surface area contributed by atoms with Crippen LogP contribution in [0.1, 0.15) is 15.9 Å². The third-order valence-electron chi connectivity index (χ3n) is 2.74. The van der Waals surface area contributed by atoms with Crippen molar-refractivity contribution in [3.05, 3.63) is 59.2 Å². The summed E-state index contributed by atoms with van der Waals surface area (Å²) in [6, 6.07) is 5.30. The highest BCUT2D eigenvalue weighted by Crippen LogP contribution is 2.32. The average molecular weight is 286 g/mol. The van der Waals surface area contributed by atoms with Crippen molar-refractivity contribution in [2.75, 3.05) is 0 Å². The van der Waals surface area contributed by atoms with Gasteiger partial charge in [-0.1, -0.05) is 12.1 Å². The molecule has 0 saturated carbocycles.